The summed E-state index contributed by atoms with van der Waals surface area (Å²) in [5.74, 6) is -2.34. The molecule has 0 radical (unpaired) electrons. The standard InChI is InChI=1S/C20H22N2O5S/c1-11(2)27-13-8-6-12(7-9-13)10-21-17(23)18(24)22-19-16(20(25)26)14-4-3-5-15(14)28-19/h6-9,11H,3-5,10H2,1-2H3,(H,21,23)(H,22,24)(H,25,26)/p-1. The van der Waals surface area contributed by atoms with E-state index < -0.39 is 17.8 Å². The first-order valence-electron chi connectivity index (χ1n) is 9.05. The van der Waals surface area contributed by atoms with E-state index in [2.05, 4.69) is 10.6 Å². The minimum atomic E-state index is -1.33. The first-order chi connectivity index (χ1) is 13.3. The smallest absolute Gasteiger partial charge is 0.314 e. The predicted octanol–water partition coefficient (Wildman–Crippen LogP) is 1.64. The third-order valence-electron chi connectivity index (χ3n) is 4.31. The highest BCUT2D eigenvalue weighted by atomic mass is 32.1. The van der Waals surface area contributed by atoms with Gasteiger partial charge in [0.15, 0.2) is 0 Å². The number of rotatable bonds is 6. The normalized spacial score (nSPS) is 12.5. The lowest BCUT2D eigenvalue weighted by Crippen LogP contribution is -2.35. The van der Waals surface area contributed by atoms with Crippen molar-refractivity contribution >= 4 is 34.1 Å². The lowest BCUT2D eigenvalue weighted by atomic mass is 10.1. The number of thiophene rings is 1. The van der Waals surface area contributed by atoms with E-state index in [1.807, 2.05) is 13.8 Å². The van der Waals surface area contributed by atoms with Crippen LogP contribution < -0.4 is 20.5 Å². The topological polar surface area (TPSA) is 108 Å². The molecule has 0 atom stereocenters. The van der Waals surface area contributed by atoms with Crippen molar-refractivity contribution in [3.63, 3.8) is 0 Å². The van der Waals surface area contributed by atoms with E-state index in [0.29, 0.717) is 12.0 Å². The van der Waals surface area contributed by atoms with Crippen molar-refractivity contribution < 1.29 is 24.2 Å². The van der Waals surface area contributed by atoms with Crippen molar-refractivity contribution in [2.24, 2.45) is 0 Å². The number of benzene rings is 1. The fourth-order valence-corrected chi connectivity index (χ4v) is 4.36. The van der Waals surface area contributed by atoms with Gasteiger partial charge in [-0.3, -0.25) is 9.59 Å². The summed E-state index contributed by atoms with van der Waals surface area (Å²) in [5, 5.41) is 16.5. The van der Waals surface area contributed by atoms with Crippen LogP contribution >= 0.6 is 11.3 Å². The summed E-state index contributed by atoms with van der Waals surface area (Å²) in [4.78, 5) is 36.6. The average molecular weight is 401 g/mol. The first-order valence-corrected chi connectivity index (χ1v) is 9.87. The Morgan fingerprint density at radius 2 is 1.86 bits per heavy atom. The molecule has 0 saturated carbocycles. The molecule has 3 rings (SSSR count). The number of aryl methyl sites for hydroxylation is 1. The monoisotopic (exact) mass is 401 g/mol. The molecular weight excluding hydrogens is 380 g/mol. The Morgan fingerprint density at radius 1 is 1.14 bits per heavy atom. The number of fused-ring (bicyclic) bond motifs is 1. The molecule has 148 valence electrons. The summed E-state index contributed by atoms with van der Waals surface area (Å²) < 4.78 is 5.55. The number of amides is 2. The van der Waals surface area contributed by atoms with Crippen molar-refractivity contribution in [1.29, 1.82) is 0 Å². The van der Waals surface area contributed by atoms with Gasteiger partial charge < -0.3 is 25.3 Å². The van der Waals surface area contributed by atoms with Gasteiger partial charge in [0.2, 0.25) is 0 Å². The fraction of sp³-hybridized carbons (Fsp3) is 0.350. The summed E-state index contributed by atoms with van der Waals surface area (Å²) in [5.41, 5.74) is 1.52. The lowest BCUT2D eigenvalue weighted by Gasteiger charge is -2.11. The second-order valence-corrected chi connectivity index (χ2v) is 7.90. The lowest BCUT2D eigenvalue weighted by molar-refractivity contribution is -0.254. The molecule has 1 aliphatic carbocycles. The summed E-state index contributed by atoms with van der Waals surface area (Å²) in [7, 11) is 0. The van der Waals surface area contributed by atoms with Gasteiger partial charge in [0.05, 0.1) is 12.1 Å². The Bertz CT molecular complexity index is 902. The van der Waals surface area contributed by atoms with Crippen LogP contribution in [-0.2, 0) is 29.0 Å². The second-order valence-electron chi connectivity index (χ2n) is 6.80. The van der Waals surface area contributed by atoms with Crippen LogP contribution in [0.2, 0.25) is 0 Å². The van der Waals surface area contributed by atoms with Crippen molar-refractivity contribution in [2.45, 2.75) is 45.8 Å². The molecule has 1 aromatic heterocycles. The molecule has 0 unspecified atom stereocenters. The van der Waals surface area contributed by atoms with Gasteiger partial charge in [0.25, 0.3) is 0 Å². The van der Waals surface area contributed by atoms with Crippen LogP contribution in [0.4, 0.5) is 5.00 Å². The molecular formula is C20H21N2O5S-. The van der Waals surface area contributed by atoms with Gasteiger partial charge in [-0.1, -0.05) is 12.1 Å². The van der Waals surface area contributed by atoms with Gasteiger partial charge >= 0.3 is 11.8 Å². The van der Waals surface area contributed by atoms with Gasteiger partial charge in [-0.25, -0.2) is 0 Å². The number of carboxylic acids is 1. The van der Waals surface area contributed by atoms with Crippen molar-refractivity contribution in [3.8, 4) is 5.75 Å². The quantitative estimate of drug-likeness (QED) is 0.716. The molecule has 2 amide bonds. The molecule has 2 aromatic rings. The summed E-state index contributed by atoms with van der Waals surface area (Å²) in [6.07, 6.45) is 2.38. The van der Waals surface area contributed by atoms with Crippen LogP contribution in [-0.4, -0.2) is 23.9 Å². The molecule has 8 heteroatoms. The molecule has 28 heavy (non-hydrogen) atoms. The number of ether oxygens (including phenoxy) is 1. The number of hydrogen-bond acceptors (Lipinski definition) is 6. The molecule has 1 heterocycles. The minimum absolute atomic E-state index is 0.000564. The third kappa shape index (κ3) is 4.51. The Morgan fingerprint density at radius 3 is 2.50 bits per heavy atom. The number of nitrogens with one attached hydrogen (secondary N) is 2. The maximum atomic E-state index is 12.2. The van der Waals surface area contributed by atoms with E-state index in [-0.39, 0.29) is 23.2 Å². The summed E-state index contributed by atoms with van der Waals surface area (Å²) >= 11 is 1.20. The Kier molecular flexibility index (Phi) is 5.99. The number of hydrogen-bond donors (Lipinski definition) is 2. The van der Waals surface area contributed by atoms with Gasteiger partial charge in [-0.05, 0) is 56.4 Å². The summed E-state index contributed by atoms with van der Waals surface area (Å²) in [6, 6.07) is 7.18. The van der Waals surface area contributed by atoms with Crippen molar-refractivity contribution in [3.05, 3.63) is 45.8 Å². The zero-order valence-electron chi connectivity index (χ0n) is 15.7. The number of carbonyl (C=O) groups is 3. The highest BCUT2D eigenvalue weighted by molar-refractivity contribution is 7.17. The summed E-state index contributed by atoms with van der Waals surface area (Å²) in [6.45, 7) is 4.03. The SMILES string of the molecule is CC(C)Oc1ccc(CNC(=O)C(=O)Nc2sc3c(c2C(=O)[O-])CCC3)cc1. The molecule has 0 aliphatic heterocycles. The second kappa shape index (κ2) is 8.43. The minimum Gasteiger partial charge on any atom is -0.545 e. The molecule has 0 spiro atoms. The molecule has 7 nitrogen and oxygen atoms in total. The van der Waals surface area contributed by atoms with E-state index in [9.17, 15) is 19.5 Å². The Hall–Kier alpha value is -2.87. The first kappa shape index (κ1) is 19.9. The molecule has 0 bridgehead atoms. The van der Waals surface area contributed by atoms with Crippen LogP contribution in [0.5, 0.6) is 5.75 Å². The van der Waals surface area contributed by atoms with Gasteiger partial charge in [0.1, 0.15) is 10.8 Å². The third-order valence-corrected chi connectivity index (χ3v) is 5.51. The maximum Gasteiger partial charge on any atom is 0.314 e. The van der Waals surface area contributed by atoms with E-state index in [0.717, 1.165) is 29.0 Å². The maximum absolute atomic E-state index is 12.2. The molecule has 0 fully saturated rings. The molecule has 2 N–H and O–H groups in total. The van der Waals surface area contributed by atoms with Gasteiger partial charge in [-0.15, -0.1) is 11.3 Å². The van der Waals surface area contributed by atoms with Gasteiger partial charge in [-0.2, -0.15) is 0 Å². The predicted molar refractivity (Wildman–Crippen MR) is 103 cm³/mol. The largest absolute Gasteiger partial charge is 0.545 e. The number of carboxylic acid groups (broad SMARTS) is 1. The van der Waals surface area contributed by atoms with Crippen LogP contribution in [0, 0.1) is 0 Å². The van der Waals surface area contributed by atoms with Crippen LogP contribution in [0.1, 0.15) is 46.6 Å². The van der Waals surface area contributed by atoms with Crippen LogP contribution in [0.25, 0.3) is 0 Å². The molecule has 1 aromatic carbocycles. The zero-order valence-corrected chi connectivity index (χ0v) is 16.5. The highest BCUT2D eigenvalue weighted by Gasteiger charge is 2.25. The van der Waals surface area contributed by atoms with E-state index in [4.69, 9.17) is 4.74 Å². The fourth-order valence-electron chi connectivity index (χ4n) is 3.09. The highest BCUT2D eigenvalue weighted by Crippen LogP contribution is 2.38. The van der Waals surface area contributed by atoms with E-state index >= 15 is 0 Å². The number of aromatic carboxylic acids is 1. The number of anilines is 1. The van der Waals surface area contributed by atoms with Crippen molar-refractivity contribution in [2.75, 3.05) is 5.32 Å². The van der Waals surface area contributed by atoms with Crippen molar-refractivity contribution in [1.82, 2.24) is 5.32 Å². The molecule has 0 saturated heterocycles. The van der Waals surface area contributed by atoms with E-state index in [1.165, 1.54) is 11.3 Å². The average Bonchev–Trinajstić information content (AvgIpc) is 3.20. The number of carbonyl (C=O) groups excluding carboxylic acids is 3. The Balaban J connectivity index is 1.58. The van der Waals surface area contributed by atoms with E-state index in [1.54, 1.807) is 24.3 Å². The molecule has 1 aliphatic rings. The van der Waals surface area contributed by atoms with Crippen LogP contribution in [0.15, 0.2) is 24.3 Å². The zero-order chi connectivity index (χ0) is 20.3. The Labute approximate surface area is 166 Å². The van der Waals surface area contributed by atoms with Gasteiger partial charge in [0, 0.05) is 17.0 Å². The van der Waals surface area contributed by atoms with Crippen LogP contribution in [0.3, 0.4) is 0 Å².